The third-order valence-electron chi connectivity index (χ3n) is 3.74. The van der Waals surface area contributed by atoms with Gasteiger partial charge in [-0.05, 0) is 26.1 Å². The second-order valence-electron chi connectivity index (χ2n) is 5.26. The molecule has 22 heavy (non-hydrogen) atoms. The number of aromatic hydroxyl groups is 1. The smallest absolute Gasteiger partial charge is 0.341 e. The molecule has 1 aromatic carbocycles. The fraction of sp³-hybridized carbons (Fsp3) is 0.429. The first-order valence-electron chi connectivity index (χ1n) is 6.51. The first kappa shape index (κ1) is 16.4. The van der Waals surface area contributed by atoms with Crippen molar-refractivity contribution in [3.05, 3.63) is 23.8 Å². The maximum absolute atomic E-state index is 11.4. The highest BCUT2D eigenvalue weighted by Crippen LogP contribution is 2.48. The molecule has 0 amide bonds. The van der Waals surface area contributed by atoms with Crippen LogP contribution in [0.3, 0.4) is 0 Å². The molecule has 0 bridgehead atoms. The van der Waals surface area contributed by atoms with Crippen LogP contribution in [0.1, 0.15) is 17.9 Å². The monoisotopic (exact) mass is 327 g/mol. The average Bonchev–Trinajstić information content (AvgIpc) is 2.75. The van der Waals surface area contributed by atoms with E-state index in [4.69, 9.17) is 9.84 Å². The van der Waals surface area contributed by atoms with Crippen molar-refractivity contribution in [3.8, 4) is 11.5 Å². The molecule has 1 unspecified atom stereocenters. The van der Waals surface area contributed by atoms with Crippen LogP contribution in [0, 0.1) is 0 Å². The van der Waals surface area contributed by atoms with Gasteiger partial charge in [0.1, 0.15) is 17.0 Å². The molecule has 0 radical (unpaired) electrons. The molecule has 0 aromatic heterocycles. The molecular formula is C14H17NO6S. The molecule has 1 aromatic rings. The van der Waals surface area contributed by atoms with Crippen LogP contribution in [0.5, 0.6) is 11.5 Å². The van der Waals surface area contributed by atoms with E-state index in [1.807, 2.05) is 0 Å². The highest BCUT2D eigenvalue weighted by molar-refractivity contribution is 7.99. The molecule has 8 heteroatoms. The Morgan fingerprint density at radius 2 is 2.14 bits per heavy atom. The average molecular weight is 327 g/mol. The van der Waals surface area contributed by atoms with Crippen molar-refractivity contribution in [1.82, 2.24) is 4.90 Å². The van der Waals surface area contributed by atoms with Gasteiger partial charge in [-0.15, -0.1) is 11.8 Å². The molecule has 0 saturated carbocycles. The number of hydrogen-bond donors (Lipinski definition) is 3. The van der Waals surface area contributed by atoms with Crippen LogP contribution >= 0.6 is 11.8 Å². The van der Waals surface area contributed by atoms with E-state index in [0.29, 0.717) is 11.3 Å². The number of carbonyl (C=O) groups is 2. The van der Waals surface area contributed by atoms with E-state index >= 15 is 0 Å². The van der Waals surface area contributed by atoms with E-state index in [1.165, 1.54) is 17.8 Å². The van der Waals surface area contributed by atoms with Crippen molar-refractivity contribution in [2.75, 3.05) is 19.4 Å². The number of hydrogen-bond acceptors (Lipinski definition) is 6. The normalized spacial score (nSPS) is 25.1. The van der Waals surface area contributed by atoms with Gasteiger partial charge in [-0.3, -0.25) is 9.69 Å². The summed E-state index contributed by atoms with van der Waals surface area (Å²) in [6, 6.07) is 4.51. The standard InChI is InChI=1S/C14H17NO6S/c1-14(13(19)20)7-22-12(15(14)2)9-4-3-8(5-10(9)16)21-6-11(17)18/h3-5,12,16H,6-7H2,1-2H3,(H,17,18)(H,19,20)/t12?,14-/m1/s1. The molecule has 2 atom stereocenters. The number of rotatable bonds is 5. The number of benzene rings is 1. The van der Waals surface area contributed by atoms with Crippen molar-refractivity contribution in [2.24, 2.45) is 0 Å². The van der Waals surface area contributed by atoms with Gasteiger partial charge in [0.25, 0.3) is 0 Å². The van der Waals surface area contributed by atoms with Crippen LogP contribution in [-0.4, -0.2) is 57.1 Å². The zero-order valence-electron chi connectivity index (χ0n) is 12.1. The minimum atomic E-state index is -1.10. The van der Waals surface area contributed by atoms with Gasteiger partial charge in [0.15, 0.2) is 6.61 Å². The number of ether oxygens (including phenoxy) is 1. The van der Waals surface area contributed by atoms with Crippen LogP contribution in [0.15, 0.2) is 18.2 Å². The number of phenols is 1. The second-order valence-corrected chi connectivity index (χ2v) is 6.32. The number of aliphatic carboxylic acids is 2. The van der Waals surface area contributed by atoms with Gasteiger partial charge in [-0.25, -0.2) is 4.79 Å². The number of likely N-dealkylation sites (N-methyl/N-ethyl adjacent to an activating group) is 1. The van der Waals surface area contributed by atoms with Crippen molar-refractivity contribution < 1.29 is 29.6 Å². The Hall–Kier alpha value is -1.93. The van der Waals surface area contributed by atoms with Crippen molar-refractivity contribution in [1.29, 1.82) is 0 Å². The van der Waals surface area contributed by atoms with E-state index in [2.05, 4.69) is 0 Å². The summed E-state index contributed by atoms with van der Waals surface area (Å²) in [5, 5.41) is 27.7. The van der Waals surface area contributed by atoms with Crippen LogP contribution in [0.4, 0.5) is 0 Å². The lowest BCUT2D eigenvalue weighted by Crippen LogP contribution is -2.48. The highest BCUT2D eigenvalue weighted by Gasteiger charge is 2.48. The lowest BCUT2D eigenvalue weighted by molar-refractivity contribution is -0.147. The Kier molecular flexibility index (Phi) is 4.52. The molecule has 1 aliphatic heterocycles. The second kappa shape index (κ2) is 6.05. The van der Waals surface area contributed by atoms with Gasteiger partial charge in [0.2, 0.25) is 0 Å². The van der Waals surface area contributed by atoms with Crippen LogP contribution in [-0.2, 0) is 9.59 Å². The molecule has 1 heterocycles. The minimum Gasteiger partial charge on any atom is -0.507 e. The number of carboxylic acid groups (broad SMARTS) is 2. The van der Waals surface area contributed by atoms with E-state index in [9.17, 15) is 19.8 Å². The number of phenolic OH excluding ortho intramolecular Hbond substituents is 1. The molecule has 1 saturated heterocycles. The van der Waals surface area contributed by atoms with Crippen LogP contribution in [0.25, 0.3) is 0 Å². The SMILES string of the molecule is CN1C(c2ccc(OCC(=O)O)cc2O)SC[C@]1(C)C(=O)O. The first-order valence-corrected chi connectivity index (χ1v) is 7.56. The molecule has 120 valence electrons. The van der Waals surface area contributed by atoms with Crippen molar-refractivity contribution in [3.63, 3.8) is 0 Å². The Morgan fingerprint density at radius 3 is 2.64 bits per heavy atom. The minimum absolute atomic E-state index is 0.0538. The molecule has 2 rings (SSSR count). The number of carboxylic acids is 2. The Bertz CT molecular complexity index is 607. The fourth-order valence-electron chi connectivity index (χ4n) is 2.19. The third kappa shape index (κ3) is 2.97. The molecular weight excluding hydrogens is 310 g/mol. The van der Waals surface area contributed by atoms with Crippen LogP contribution in [0.2, 0.25) is 0 Å². The summed E-state index contributed by atoms with van der Waals surface area (Å²) in [4.78, 5) is 23.6. The van der Waals surface area contributed by atoms with Gasteiger partial charge >= 0.3 is 11.9 Å². The lowest BCUT2D eigenvalue weighted by atomic mass is 10.0. The zero-order valence-corrected chi connectivity index (χ0v) is 13.0. The predicted molar refractivity (Wildman–Crippen MR) is 80.2 cm³/mol. The van der Waals surface area contributed by atoms with E-state index in [1.54, 1.807) is 31.0 Å². The van der Waals surface area contributed by atoms with Crippen LogP contribution < -0.4 is 4.74 Å². The quantitative estimate of drug-likeness (QED) is 0.744. The highest BCUT2D eigenvalue weighted by atomic mass is 32.2. The predicted octanol–water partition coefficient (Wildman–Crippen LogP) is 1.38. The fourth-order valence-corrected chi connectivity index (χ4v) is 3.84. The summed E-state index contributed by atoms with van der Waals surface area (Å²) in [6.45, 7) is 1.15. The maximum Gasteiger partial charge on any atom is 0.341 e. The van der Waals surface area contributed by atoms with Crippen molar-refractivity contribution in [2.45, 2.75) is 17.8 Å². The van der Waals surface area contributed by atoms with Gasteiger partial charge in [-0.1, -0.05) is 0 Å². The Morgan fingerprint density at radius 1 is 1.45 bits per heavy atom. The largest absolute Gasteiger partial charge is 0.507 e. The lowest BCUT2D eigenvalue weighted by Gasteiger charge is -2.30. The molecule has 0 spiro atoms. The Labute approximate surface area is 131 Å². The van der Waals surface area contributed by atoms with Gasteiger partial charge in [-0.2, -0.15) is 0 Å². The molecule has 7 nitrogen and oxygen atoms in total. The number of nitrogens with zero attached hydrogens (tertiary/aromatic N) is 1. The first-order chi connectivity index (χ1) is 10.3. The van der Waals surface area contributed by atoms with Gasteiger partial charge in [0, 0.05) is 17.4 Å². The topological polar surface area (TPSA) is 107 Å². The summed E-state index contributed by atoms with van der Waals surface area (Å²) in [7, 11) is 1.70. The molecule has 0 aliphatic carbocycles. The summed E-state index contributed by atoms with van der Waals surface area (Å²) in [5.41, 5.74) is -0.430. The Balaban J connectivity index is 2.20. The summed E-state index contributed by atoms with van der Waals surface area (Å²) in [6.07, 6.45) is 0. The molecule has 3 N–H and O–H groups in total. The molecule has 1 aliphatic rings. The van der Waals surface area contributed by atoms with Gasteiger partial charge < -0.3 is 20.1 Å². The zero-order chi connectivity index (χ0) is 16.5. The van der Waals surface area contributed by atoms with E-state index in [-0.39, 0.29) is 16.9 Å². The van der Waals surface area contributed by atoms with Crippen molar-refractivity contribution >= 4 is 23.7 Å². The maximum atomic E-state index is 11.4. The van der Waals surface area contributed by atoms with E-state index in [0.717, 1.165) is 0 Å². The summed E-state index contributed by atoms with van der Waals surface area (Å²) >= 11 is 1.43. The van der Waals surface area contributed by atoms with E-state index < -0.39 is 24.1 Å². The van der Waals surface area contributed by atoms with Gasteiger partial charge in [0.05, 0.1) is 5.37 Å². The molecule has 1 fully saturated rings. The third-order valence-corrected chi connectivity index (χ3v) is 5.36. The summed E-state index contributed by atoms with van der Waals surface area (Å²) in [5.74, 6) is -1.42. The number of thioether (sulfide) groups is 1. The summed E-state index contributed by atoms with van der Waals surface area (Å²) < 4.78 is 5.00.